The van der Waals surface area contributed by atoms with Gasteiger partial charge in [-0.1, -0.05) is 0 Å². The molecular formula is C11H13N5S. The first-order chi connectivity index (χ1) is 8.20. The van der Waals surface area contributed by atoms with Gasteiger partial charge in [-0.15, -0.1) is 0 Å². The second kappa shape index (κ2) is 4.97. The zero-order chi connectivity index (χ0) is 12.3. The first kappa shape index (κ1) is 11.6. The van der Waals surface area contributed by atoms with Crippen molar-refractivity contribution in [2.75, 3.05) is 5.32 Å². The lowest BCUT2D eigenvalue weighted by molar-refractivity contribution is 0.620. The average molecular weight is 247 g/mol. The molecule has 1 atom stereocenters. The lowest BCUT2D eigenvalue weighted by atomic mass is 10.2. The van der Waals surface area contributed by atoms with E-state index in [4.69, 9.17) is 5.26 Å². The van der Waals surface area contributed by atoms with Crippen molar-refractivity contribution >= 4 is 16.5 Å². The summed E-state index contributed by atoms with van der Waals surface area (Å²) in [4.78, 5) is 3.99. The van der Waals surface area contributed by atoms with Crippen LogP contribution in [0.1, 0.15) is 18.2 Å². The number of aryl methyl sites for hydroxylation is 1. The highest BCUT2D eigenvalue weighted by Crippen LogP contribution is 2.24. The topological polar surface area (TPSA) is 66.5 Å². The standard InChI is InChI=1S/C11H13N5S/c1-8(6-16-4-3-13-7-16)14-11-10(5-12)9(2)15-17-11/h3-4,7-8,14H,6H2,1-2H3. The van der Waals surface area contributed by atoms with Crippen LogP contribution in [0.25, 0.3) is 0 Å². The Morgan fingerprint density at radius 2 is 2.47 bits per heavy atom. The maximum absolute atomic E-state index is 9.02. The Morgan fingerprint density at radius 3 is 3.12 bits per heavy atom. The second-order valence-electron chi connectivity index (χ2n) is 3.89. The highest BCUT2D eigenvalue weighted by atomic mass is 32.1. The summed E-state index contributed by atoms with van der Waals surface area (Å²) in [5.41, 5.74) is 1.43. The molecule has 6 heteroatoms. The van der Waals surface area contributed by atoms with Crippen molar-refractivity contribution in [3.63, 3.8) is 0 Å². The Bertz CT molecular complexity index is 523. The van der Waals surface area contributed by atoms with Crippen molar-refractivity contribution < 1.29 is 0 Å². The van der Waals surface area contributed by atoms with Crippen LogP contribution in [0.15, 0.2) is 18.7 Å². The second-order valence-corrected chi connectivity index (χ2v) is 4.66. The van der Waals surface area contributed by atoms with Gasteiger partial charge in [0.2, 0.25) is 0 Å². The predicted molar refractivity (Wildman–Crippen MR) is 66.9 cm³/mol. The molecule has 1 N–H and O–H groups in total. The van der Waals surface area contributed by atoms with Gasteiger partial charge in [-0.3, -0.25) is 0 Å². The number of anilines is 1. The van der Waals surface area contributed by atoms with Crippen LogP contribution in [0.4, 0.5) is 5.00 Å². The Morgan fingerprint density at radius 1 is 1.65 bits per heavy atom. The molecule has 0 aliphatic rings. The summed E-state index contributed by atoms with van der Waals surface area (Å²) in [6.07, 6.45) is 5.45. The third-order valence-electron chi connectivity index (χ3n) is 2.40. The maximum atomic E-state index is 9.02. The van der Waals surface area contributed by atoms with Crippen LogP contribution in [-0.4, -0.2) is 20.0 Å². The highest BCUT2D eigenvalue weighted by Gasteiger charge is 2.12. The fourth-order valence-corrected chi connectivity index (χ4v) is 2.44. The van der Waals surface area contributed by atoms with Gasteiger partial charge in [-0.05, 0) is 25.4 Å². The minimum absolute atomic E-state index is 0.219. The Hall–Kier alpha value is -1.87. The first-order valence-corrected chi connectivity index (χ1v) is 6.06. The summed E-state index contributed by atoms with van der Waals surface area (Å²) in [6, 6.07) is 2.39. The fourth-order valence-electron chi connectivity index (χ4n) is 1.58. The normalized spacial score (nSPS) is 12.1. The highest BCUT2D eigenvalue weighted by molar-refractivity contribution is 7.10. The van der Waals surface area contributed by atoms with Gasteiger partial charge in [0.25, 0.3) is 0 Å². The van der Waals surface area contributed by atoms with E-state index in [-0.39, 0.29) is 6.04 Å². The van der Waals surface area contributed by atoms with Crippen molar-refractivity contribution in [1.29, 1.82) is 5.26 Å². The Balaban J connectivity index is 2.03. The summed E-state index contributed by atoms with van der Waals surface area (Å²) >= 11 is 1.33. The zero-order valence-corrected chi connectivity index (χ0v) is 10.5. The van der Waals surface area contributed by atoms with Crippen LogP contribution in [0.2, 0.25) is 0 Å². The van der Waals surface area contributed by atoms with E-state index in [1.165, 1.54) is 11.5 Å². The molecule has 0 spiro atoms. The molecule has 1 unspecified atom stereocenters. The van der Waals surface area contributed by atoms with E-state index in [1.54, 1.807) is 12.5 Å². The van der Waals surface area contributed by atoms with Crippen LogP contribution in [0, 0.1) is 18.3 Å². The number of hydrogen-bond acceptors (Lipinski definition) is 5. The molecule has 2 aromatic heterocycles. The van der Waals surface area contributed by atoms with Crippen molar-refractivity contribution in [3.8, 4) is 6.07 Å². The summed E-state index contributed by atoms with van der Waals surface area (Å²) in [7, 11) is 0. The number of nitrogens with one attached hydrogen (secondary N) is 1. The van der Waals surface area contributed by atoms with Gasteiger partial charge in [0.05, 0.1) is 12.0 Å². The molecule has 0 aliphatic carbocycles. The monoisotopic (exact) mass is 247 g/mol. The van der Waals surface area contributed by atoms with Crippen molar-refractivity contribution in [3.05, 3.63) is 30.0 Å². The minimum atomic E-state index is 0.219. The van der Waals surface area contributed by atoms with Gasteiger partial charge in [-0.25, -0.2) is 4.98 Å². The summed E-state index contributed by atoms with van der Waals surface area (Å²) < 4.78 is 6.17. The van der Waals surface area contributed by atoms with Gasteiger partial charge in [0.1, 0.15) is 16.6 Å². The van der Waals surface area contributed by atoms with Crippen LogP contribution < -0.4 is 5.32 Å². The summed E-state index contributed by atoms with van der Waals surface area (Å²) in [5, 5.41) is 13.2. The Kier molecular flexibility index (Phi) is 3.40. The molecule has 0 saturated heterocycles. The fraction of sp³-hybridized carbons (Fsp3) is 0.364. The van der Waals surface area contributed by atoms with Gasteiger partial charge in [-0.2, -0.15) is 9.64 Å². The molecule has 0 amide bonds. The quantitative estimate of drug-likeness (QED) is 0.897. The smallest absolute Gasteiger partial charge is 0.127 e. The van der Waals surface area contributed by atoms with E-state index < -0.39 is 0 Å². The summed E-state index contributed by atoms with van der Waals surface area (Å²) in [6.45, 7) is 4.72. The summed E-state index contributed by atoms with van der Waals surface area (Å²) in [5.74, 6) is 0. The van der Waals surface area contributed by atoms with Crippen molar-refractivity contribution in [2.45, 2.75) is 26.4 Å². The van der Waals surface area contributed by atoms with Crippen LogP contribution >= 0.6 is 11.5 Å². The minimum Gasteiger partial charge on any atom is -0.370 e. The van der Waals surface area contributed by atoms with E-state index in [9.17, 15) is 0 Å². The van der Waals surface area contributed by atoms with Gasteiger partial charge < -0.3 is 9.88 Å². The largest absolute Gasteiger partial charge is 0.370 e. The molecule has 0 bridgehead atoms. The van der Waals surface area contributed by atoms with Crippen LogP contribution in [-0.2, 0) is 6.54 Å². The molecule has 2 rings (SSSR count). The van der Waals surface area contributed by atoms with Gasteiger partial charge in [0.15, 0.2) is 0 Å². The maximum Gasteiger partial charge on any atom is 0.127 e. The molecule has 2 aromatic rings. The lowest BCUT2D eigenvalue weighted by Crippen LogP contribution is -2.21. The van der Waals surface area contributed by atoms with Crippen molar-refractivity contribution in [1.82, 2.24) is 13.9 Å². The van der Waals surface area contributed by atoms with E-state index in [0.29, 0.717) is 5.56 Å². The molecule has 5 nitrogen and oxygen atoms in total. The molecule has 0 aromatic carbocycles. The number of rotatable bonds is 4. The average Bonchev–Trinajstić information content (AvgIpc) is 2.89. The van der Waals surface area contributed by atoms with Crippen LogP contribution in [0.5, 0.6) is 0 Å². The molecule has 0 radical (unpaired) electrons. The third-order valence-corrected chi connectivity index (χ3v) is 3.27. The molecule has 88 valence electrons. The number of nitriles is 1. The van der Waals surface area contributed by atoms with E-state index in [0.717, 1.165) is 17.2 Å². The molecule has 0 aliphatic heterocycles. The number of aromatic nitrogens is 3. The third kappa shape index (κ3) is 2.63. The van der Waals surface area contributed by atoms with E-state index in [2.05, 4.69) is 27.7 Å². The number of nitrogens with zero attached hydrogens (tertiary/aromatic N) is 4. The number of imidazole rings is 1. The lowest BCUT2D eigenvalue weighted by Gasteiger charge is -2.14. The molecule has 0 saturated carbocycles. The van der Waals surface area contributed by atoms with Crippen molar-refractivity contribution in [2.24, 2.45) is 0 Å². The van der Waals surface area contributed by atoms with E-state index >= 15 is 0 Å². The predicted octanol–water partition coefficient (Wildman–Crippen LogP) is 2.02. The molecular weight excluding hydrogens is 234 g/mol. The van der Waals surface area contributed by atoms with E-state index in [1.807, 2.05) is 17.7 Å². The number of hydrogen-bond donors (Lipinski definition) is 1. The molecule has 17 heavy (non-hydrogen) atoms. The SMILES string of the molecule is Cc1nsc(NC(C)Cn2ccnc2)c1C#N. The zero-order valence-electron chi connectivity index (χ0n) is 9.71. The molecule has 2 heterocycles. The van der Waals surface area contributed by atoms with Gasteiger partial charge >= 0.3 is 0 Å². The molecule has 0 fully saturated rings. The van der Waals surface area contributed by atoms with Crippen LogP contribution in [0.3, 0.4) is 0 Å². The first-order valence-electron chi connectivity index (χ1n) is 5.29. The Labute approximate surface area is 104 Å². The van der Waals surface area contributed by atoms with Gasteiger partial charge in [0, 0.05) is 25.0 Å².